The molecule has 12 nitrogen and oxygen atoms in total. The van der Waals surface area contributed by atoms with E-state index in [2.05, 4.69) is 10.3 Å². The van der Waals surface area contributed by atoms with Gasteiger partial charge in [-0.25, -0.2) is 4.98 Å². The third kappa shape index (κ3) is 4.10. The molecule has 3 saturated carbocycles. The second-order valence-electron chi connectivity index (χ2n) is 17.7. The maximum Gasteiger partial charge on any atom is 0.260 e. The fraction of sp³-hybridized carbons (Fsp3) is 0.512. The van der Waals surface area contributed by atoms with Gasteiger partial charge in [-0.3, -0.25) is 9.59 Å². The molecule has 3 aromatic rings. The van der Waals surface area contributed by atoms with E-state index in [0.717, 1.165) is 50.5 Å². The van der Waals surface area contributed by atoms with E-state index in [9.17, 15) is 40.2 Å². The second kappa shape index (κ2) is 11.0. The number of aromatic nitrogens is 1. The average molecular weight is 749 g/mol. The lowest BCUT2D eigenvalue weighted by atomic mass is 9.51. The van der Waals surface area contributed by atoms with Crippen LogP contribution in [0.15, 0.2) is 53.8 Å². The van der Waals surface area contributed by atoms with Gasteiger partial charge < -0.3 is 45.4 Å². The molecule has 0 amide bonds. The first-order valence-corrected chi connectivity index (χ1v) is 19.7. The van der Waals surface area contributed by atoms with Crippen molar-refractivity contribution in [2.24, 2.45) is 22.7 Å². The summed E-state index contributed by atoms with van der Waals surface area (Å²) in [6.07, 6.45) is 4.39. The number of carbonyl (C=O) groups excluding carboxylic acids is 2. The van der Waals surface area contributed by atoms with Crippen molar-refractivity contribution in [3.05, 3.63) is 81.6 Å². The number of aryl methyl sites for hydroxylation is 1. The molecule has 55 heavy (non-hydrogen) atoms. The van der Waals surface area contributed by atoms with Gasteiger partial charge in [-0.05, 0) is 122 Å². The number of hydrogen-bond donors (Lipinski definition) is 7. The topological polar surface area (TPSA) is 199 Å². The molecule has 286 valence electrons. The molecule has 11 atom stereocenters. The Hall–Kier alpha value is -4.17. The average Bonchev–Trinajstić information content (AvgIpc) is 3.71. The van der Waals surface area contributed by atoms with Crippen LogP contribution >= 0.6 is 0 Å². The van der Waals surface area contributed by atoms with Crippen LogP contribution in [0.1, 0.15) is 95.2 Å². The number of aromatic hydroxyl groups is 1. The third-order valence-corrected chi connectivity index (χ3v) is 15.3. The number of ketones is 2. The van der Waals surface area contributed by atoms with E-state index in [1.165, 1.54) is 24.4 Å². The number of anilines is 1. The van der Waals surface area contributed by atoms with Gasteiger partial charge in [0.2, 0.25) is 5.78 Å². The lowest BCUT2D eigenvalue weighted by Gasteiger charge is -2.64. The number of hydrogen-bond acceptors (Lipinski definition) is 12. The molecule has 7 N–H and O–H groups in total. The van der Waals surface area contributed by atoms with E-state index in [1.807, 2.05) is 0 Å². The maximum absolute atomic E-state index is 14.6. The van der Waals surface area contributed by atoms with E-state index >= 15 is 0 Å². The van der Waals surface area contributed by atoms with Crippen LogP contribution in [0.2, 0.25) is 0 Å². The first kappa shape index (κ1) is 34.1. The molecular formula is C43H44N2O10. The minimum atomic E-state index is -2.27. The SMILES string of the molecule is Cc1cc(O)c2c(c1)C(=O)c1c(c3cc4c(nccc14)NC[C@@H](O)CC1=C4C=C[C@@]5(O3)O[C@]4([C@H](O)[C@@]34CC[C@]6(CCC[C@H]6CC[C@H]13)C4)[C@@H](O)[C@H](O)[C@H]5O)C2=O. The third-order valence-electron chi connectivity index (χ3n) is 15.3. The van der Waals surface area contributed by atoms with Gasteiger partial charge in [0, 0.05) is 34.7 Å². The number of phenols is 1. The Labute approximate surface area is 316 Å². The van der Waals surface area contributed by atoms with Gasteiger partial charge >= 0.3 is 0 Å². The predicted molar refractivity (Wildman–Crippen MR) is 197 cm³/mol. The Morgan fingerprint density at radius 1 is 0.909 bits per heavy atom. The number of aliphatic hydroxyl groups is 5. The summed E-state index contributed by atoms with van der Waals surface area (Å²) in [4.78, 5) is 33.7. The Bertz CT molecular complexity index is 2340. The predicted octanol–water partition coefficient (Wildman–Crippen LogP) is 3.74. The van der Waals surface area contributed by atoms with Gasteiger partial charge in [0.15, 0.2) is 17.5 Å². The van der Waals surface area contributed by atoms with Crippen molar-refractivity contribution < 1.29 is 49.7 Å². The monoisotopic (exact) mass is 748 g/mol. The molecule has 1 aromatic heterocycles. The van der Waals surface area contributed by atoms with Crippen LogP contribution in [0.5, 0.6) is 11.5 Å². The van der Waals surface area contributed by atoms with Crippen LogP contribution < -0.4 is 10.1 Å². The van der Waals surface area contributed by atoms with E-state index in [-0.39, 0.29) is 58.1 Å². The normalized spacial score (nSPS) is 40.9. The molecule has 4 fully saturated rings. The fourth-order valence-electron chi connectivity index (χ4n) is 13.0. The fourth-order valence-corrected chi connectivity index (χ4v) is 13.0. The van der Waals surface area contributed by atoms with E-state index in [0.29, 0.717) is 40.1 Å². The van der Waals surface area contributed by atoms with Gasteiger partial charge in [0.25, 0.3) is 5.79 Å². The maximum atomic E-state index is 14.6. The Balaban J connectivity index is 1.17. The molecule has 0 radical (unpaired) electrons. The highest BCUT2D eigenvalue weighted by atomic mass is 16.7. The van der Waals surface area contributed by atoms with Gasteiger partial charge in [-0.15, -0.1) is 0 Å². The van der Waals surface area contributed by atoms with Gasteiger partial charge in [-0.1, -0.05) is 18.1 Å². The number of phenolic OH excluding ortho intramolecular Hbond substituents is 1. The minimum Gasteiger partial charge on any atom is -0.507 e. The summed E-state index contributed by atoms with van der Waals surface area (Å²) >= 11 is 0. The molecule has 5 heterocycles. The summed E-state index contributed by atoms with van der Waals surface area (Å²) in [7, 11) is 0. The lowest BCUT2D eigenvalue weighted by molar-refractivity contribution is -0.369. The van der Waals surface area contributed by atoms with Gasteiger partial charge in [0.1, 0.15) is 29.5 Å². The molecule has 5 aliphatic carbocycles. The standard InChI is InChI=1S/C43H44N2O10/c1-19-13-25-30(28(47)14-19)34(49)32-29-16-23-22(31(32)33(25)48)7-12-44-38(23)45-17-21(46)15-24-26-5-4-20-3-2-8-40(20)10-11-41(26,18-40)39(53)43-27(24)6-9-42(54-29,55-43)36(51)35(50)37(43)52/h6-7,9,12-14,16,20-21,26,35-37,39,46-47,50-53H,2-5,8,10-11,15,17-18H2,1H3,(H,44,45)/t20-,21-,26+,35+,36+,37-,39+,40+,41+,42+,43-/m0/s1. The zero-order valence-corrected chi connectivity index (χ0v) is 30.4. The van der Waals surface area contributed by atoms with Crippen LogP contribution in [0.3, 0.4) is 0 Å². The molecule has 1 saturated heterocycles. The van der Waals surface area contributed by atoms with Crippen molar-refractivity contribution in [2.45, 2.75) is 107 Å². The summed E-state index contributed by atoms with van der Waals surface area (Å²) < 4.78 is 13.7. The first-order chi connectivity index (χ1) is 26.3. The van der Waals surface area contributed by atoms with Gasteiger partial charge in [0.05, 0.1) is 23.3 Å². The highest BCUT2D eigenvalue weighted by molar-refractivity contribution is 6.34. The van der Waals surface area contributed by atoms with Crippen molar-refractivity contribution >= 4 is 28.2 Å². The Morgan fingerprint density at radius 3 is 2.58 bits per heavy atom. The molecule has 2 aromatic carbocycles. The molecule has 12 rings (SSSR count). The van der Waals surface area contributed by atoms with Crippen LogP contribution in [-0.4, -0.2) is 95.6 Å². The number of aliphatic hydroxyl groups excluding tert-OH is 5. The Kier molecular flexibility index (Phi) is 6.83. The van der Waals surface area contributed by atoms with Crippen LogP contribution in [-0.2, 0) is 4.74 Å². The summed E-state index contributed by atoms with van der Waals surface area (Å²) in [6.45, 7) is 1.76. The number of rotatable bonds is 0. The van der Waals surface area contributed by atoms with E-state index in [1.54, 1.807) is 25.1 Å². The summed E-state index contributed by atoms with van der Waals surface area (Å²) in [5.74, 6) is -3.37. The quantitative estimate of drug-likeness (QED) is 0.138. The van der Waals surface area contributed by atoms with Crippen molar-refractivity contribution in [2.75, 3.05) is 11.9 Å². The molecule has 4 aliphatic heterocycles. The van der Waals surface area contributed by atoms with Crippen molar-refractivity contribution in [3.63, 3.8) is 0 Å². The Morgan fingerprint density at radius 2 is 1.75 bits per heavy atom. The summed E-state index contributed by atoms with van der Waals surface area (Å²) in [5.41, 5.74) is -1.16. The lowest BCUT2D eigenvalue weighted by Crippen LogP contribution is -2.79. The van der Waals surface area contributed by atoms with Crippen molar-refractivity contribution in [1.29, 1.82) is 0 Å². The summed E-state index contributed by atoms with van der Waals surface area (Å²) in [6, 6.07) is 6.07. The highest BCUT2D eigenvalue weighted by Crippen LogP contribution is 2.72. The number of pyridine rings is 1. The van der Waals surface area contributed by atoms with Crippen molar-refractivity contribution in [3.8, 4) is 11.5 Å². The number of fused-ring (bicyclic) bond motifs is 6. The molecule has 0 unspecified atom stereocenters. The number of ether oxygens (including phenoxy) is 2. The molecule has 8 bridgehead atoms. The zero-order chi connectivity index (χ0) is 38.0. The van der Waals surface area contributed by atoms with E-state index in [4.69, 9.17) is 9.47 Å². The van der Waals surface area contributed by atoms with Crippen LogP contribution in [0.4, 0.5) is 5.82 Å². The number of carbonyl (C=O) groups is 2. The van der Waals surface area contributed by atoms with Gasteiger partial charge in [-0.2, -0.15) is 0 Å². The van der Waals surface area contributed by atoms with Crippen LogP contribution in [0, 0.1) is 29.6 Å². The smallest absolute Gasteiger partial charge is 0.260 e. The number of nitrogens with one attached hydrogen (secondary N) is 1. The highest BCUT2D eigenvalue weighted by Gasteiger charge is 2.75. The minimum absolute atomic E-state index is 0.00647. The van der Waals surface area contributed by atoms with E-state index < -0.39 is 58.9 Å². The number of nitrogens with zero attached hydrogens (tertiary/aromatic N) is 1. The molecular weight excluding hydrogens is 704 g/mol. The second-order valence-corrected chi connectivity index (χ2v) is 17.7. The first-order valence-electron chi connectivity index (χ1n) is 19.7. The molecule has 12 heteroatoms. The molecule has 9 aliphatic rings. The van der Waals surface area contributed by atoms with Crippen LogP contribution in [0.25, 0.3) is 10.8 Å². The largest absolute Gasteiger partial charge is 0.507 e. The summed E-state index contributed by atoms with van der Waals surface area (Å²) in [5, 5.41) is 76.1. The molecule has 4 spiro atoms. The zero-order valence-electron chi connectivity index (χ0n) is 30.4. The number of benzene rings is 2. The van der Waals surface area contributed by atoms with Crippen molar-refractivity contribution in [1.82, 2.24) is 4.98 Å².